The minimum atomic E-state index is -0.0260. The van der Waals surface area contributed by atoms with Gasteiger partial charge in [-0.05, 0) is 32.4 Å². The van der Waals surface area contributed by atoms with Gasteiger partial charge in [0.1, 0.15) is 0 Å². The van der Waals surface area contributed by atoms with Crippen molar-refractivity contribution in [1.29, 1.82) is 0 Å². The lowest BCUT2D eigenvalue weighted by molar-refractivity contribution is -0.115. The van der Waals surface area contributed by atoms with Crippen LogP contribution in [0.15, 0.2) is 29.6 Å². The molecule has 2 N–H and O–H groups in total. The molecule has 1 unspecified atom stereocenters. The molecule has 112 valence electrons. The van der Waals surface area contributed by atoms with Crippen LogP contribution in [-0.2, 0) is 4.79 Å². The number of benzene rings is 1. The van der Waals surface area contributed by atoms with E-state index in [2.05, 4.69) is 29.5 Å². The maximum absolute atomic E-state index is 11.9. The Hall–Kier alpha value is -1.72. The number of aromatic nitrogens is 1. The Morgan fingerprint density at radius 3 is 2.90 bits per heavy atom. The summed E-state index contributed by atoms with van der Waals surface area (Å²) in [5.41, 5.74) is 2.77. The second-order valence-electron chi connectivity index (χ2n) is 5.07. The summed E-state index contributed by atoms with van der Waals surface area (Å²) < 4.78 is 0. The SMILES string of the molecule is CCC(C)NCC(=O)Nc1cccc(-c2csc(C)n2)c1. The molecule has 4 nitrogen and oxygen atoms in total. The average Bonchev–Trinajstić information content (AvgIpc) is 2.91. The number of carbonyl (C=O) groups is 1. The van der Waals surface area contributed by atoms with Crippen LogP contribution in [0.4, 0.5) is 5.69 Å². The van der Waals surface area contributed by atoms with Crippen molar-refractivity contribution in [3.8, 4) is 11.3 Å². The number of nitrogens with zero attached hydrogens (tertiary/aromatic N) is 1. The molecule has 1 atom stereocenters. The molecule has 2 rings (SSSR count). The van der Waals surface area contributed by atoms with E-state index in [-0.39, 0.29) is 5.91 Å². The largest absolute Gasteiger partial charge is 0.325 e. The molecular formula is C16H21N3OS. The number of nitrogens with one attached hydrogen (secondary N) is 2. The van der Waals surface area contributed by atoms with E-state index in [0.29, 0.717) is 12.6 Å². The maximum atomic E-state index is 11.9. The van der Waals surface area contributed by atoms with Crippen molar-refractivity contribution in [2.45, 2.75) is 33.2 Å². The number of carbonyl (C=O) groups excluding carboxylic acids is 1. The molecule has 1 aromatic heterocycles. The zero-order valence-corrected chi connectivity index (χ0v) is 13.5. The van der Waals surface area contributed by atoms with E-state index in [1.165, 1.54) is 0 Å². The predicted octanol–water partition coefficient (Wildman–Crippen LogP) is 3.45. The number of aryl methyl sites for hydroxylation is 1. The van der Waals surface area contributed by atoms with E-state index in [4.69, 9.17) is 0 Å². The zero-order chi connectivity index (χ0) is 15.2. The maximum Gasteiger partial charge on any atom is 0.238 e. The topological polar surface area (TPSA) is 54.0 Å². The Balaban J connectivity index is 1.99. The highest BCUT2D eigenvalue weighted by Crippen LogP contribution is 2.24. The fraction of sp³-hybridized carbons (Fsp3) is 0.375. The number of amides is 1. The van der Waals surface area contributed by atoms with Crippen LogP contribution in [0.2, 0.25) is 0 Å². The highest BCUT2D eigenvalue weighted by Gasteiger charge is 2.07. The lowest BCUT2D eigenvalue weighted by Crippen LogP contribution is -2.33. The summed E-state index contributed by atoms with van der Waals surface area (Å²) in [6.45, 7) is 6.47. The third kappa shape index (κ3) is 4.65. The Labute approximate surface area is 129 Å². The van der Waals surface area contributed by atoms with Crippen LogP contribution in [0.3, 0.4) is 0 Å². The minimum Gasteiger partial charge on any atom is -0.325 e. The lowest BCUT2D eigenvalue weighted by atomic mass is 10.1. The van der Waals surface area contributed by atoms with Gasteiger partial charge in [0, 0.05) is 22.7 Å². The molecule has 0 aliphatic rings. The van der Waals surface area contributed by atoms with Gasteiger partial charge in [-0.1, -0.05) is 19.1 Å². The lowest BCUT2D eigenvalue weighted by Gasteiger charge is -2.11. The summed E-state index contributed by atoms with van der Waals surface area (Å²) in [6, 6.07) is 8.13. The molecule has 0 aliphatic carbocycles. The monoisotopic (exact) mass is 303 g/mol. The number of hydrogen-bond acceptors (Lipinski definition) is 4. The molecule has 2 aromatic rings. The van der Waals surface area contributed by atoms with E-state index in [1.54, 1.807) is 11.3 Å². The van der Waals surface area contributed by atoms with Crippen molar-refractivity contribution in [1.82, 2.24) is 10.3 Å². The first-order valence-electron chi connectivity index (χ1n) is 7.14. The molecule has 1 amide bonds. The van der Waals surface area contributed by atoms with Gasteiger partial charge in [-0.2, -0.15) is 0 Å². The summed E-state index contributed by atoms with van der Waals surface area (Å²) in [4.78, 5) is 16.4. The van der Waals surface area contributed by atoms with Crippen LogP contribution in [0.1, 0.15) is 25.3 Å². The van der Waals surface area contributed by atoms with Crippen molar-refractivity contribution >= 4 is 22.9 Å². The van der Waals surface area contributed by atoms with E-state index < -0.39 is 0 Å². The first-order valence-corrected chi connectivity index (χ1v) is 8.02. The van der Waals surface area contributed by atoms with Gasteiger partial charge in [-0.25, -0.2) is 4.98 Å². The number of hydrogen-bond donors (Lipinski definition) is 2. The molecule has 1 heterocycles. The van der Waals surface area contributed by atoms with Gasteiger partial charge in [-0.3, -0.25) is 4.79 Å². The molecule has 1 aromatic carbocycles. The van der Waals surface area contributed by atoms with Crippen LogP contribution in [0.25, 0.3) is 11.3 Å². The highest BCUT2D eigenvalue weighted by molar-refractivity contribution is 7.09. The summed E-state index contributed by atoms with van der Waals surface area (Å²) >= 11 is 1.62. The molecule has 5 heteroatoms. The molecule has 0 bridgehead atoms. The highest BCUT2D eigenvalue weighted by atomic mass is 32.1. The quantitative estimate of drug-likeness (QED) is 0.859. The van der Waals surface area contributed by atoms with Crippen molar-refractivity contribution in [3.63, 3.8) is 0 Å². The number of rotatable bonds is 6. The molecule has 0 aliphatic heterocycles. The van der Waals surface area contributed by atoms with Crippen molar-refractivity contribution in [2.24, 2.45) is 0 Å². The fourth-order valence-corrected chi connectivity index (χ4v) is 2.49. The molecule has 0 radical (unpaired) electrons. The standard InChI is InChI=1S/C16H21N3OS/c1-4-11(2)17-9-16(20)19-14-7-5-6-13(8-14)15-10-21-12(3)18-15/h5-8,10-11,17H,4,9H2,1-3H3,(H,19,20). The predicted molar refractivity (Wildman–Crippen MR) is 88.7 cm³/mol. The van der Waals surface area contributed by atoms with Gasteiger partial charge in [0.25, 0.3) is 0 Å². The van der Waals surface area contributed by atoms with E-state index in [1.807, 2.05) is 36.6 Å². The molecule has 0 saturated heterocycles. The van der Waals surface area contributed by atoms with Crippen molar-refractivity contribution < 1.29 is 4.79 Å². The smallest absolute Gasteiger partial charge is 0.238 e. The zero-order valence-electron chi connectivity index (χ0n) is 12.6. The van der Waals surface area contributed by atoms with Gasteiger partial charge in [0.2, 0.25) is 5.91 Å². The van der Waals surface area contributed by atoms with Gasteiger partial charge in [0.15, 0.2) is 0 Å². The summed E-state index contributed by atoms with van der Waals surface area (Å²) in [7, 11) is 0. The molecule has 0 fully saturated rings. The van der Waals surface area contributed by atoms with E-state index in [0.717, 1.165) is 28.4 Å². The van der Waals surface area contributed by atoms with Crippen LogP contribution < -0.4 is 10.6 Å². The third-order valence-corrected chi connectivity index (χ3v) is 4.06. The molecule has 0 spiro atoms. The first kappa shape index (κ1) is 15.7. The Kier molecular flexibility index (Phi) is 5.47. The normalized spacial score (nSPS) is 12.1. The Morgan fingerprint density at radius 1 is 1.43 bits per heavy atom. The van der Waals surface area contributed by atoms with Crippen LogP contribution in [0, 0.1) is 6.92 Å². The fourth-order valence-electron chi connectivity index (χ4n) is 1.87. The number of thiazole rings is 1. The van der Waals surface area contributed by atoms with Crippen molar-refractivity contribution in [2.75, 3.05) is 11.9 Å². The molecule has 21 heavy (non-hydrogen) atoms. The Morgan fingerprint density at radius 2 is 2.24 bits per heavy atom. The molecular weight excluding hydrogens is 282 g/mol. The summed E-state index contributed by atoms with van der Waals surface area (Å²) in [6.07, 6.45) is 1.01. The summed E-state index contributed by atoms with van der Waals surface area (Å²) in [5.74, 6) is -0.0260. The first-order chi connectivity index (χ1) is 10.1. The van der Waals surface area contributed by atoms with Crippen LogP contribution >= 0.6 is 11.3 Å². The second-order valence-corrected chi connectivity index (χ2v) is 6.13. The van der Waals surface area contributed by atoms with Gasteiger partial charge in [0.05, 0.1) is 17.2 Å². The van der Waals surface area contributed by atoms with Gasteiger partial charge in [-0.15, -0.1) is 11.3 Å². The van der Waals surface area contributed by atoms with Gasteiger partial charge < -0.3 is 10.6 Å². The van der Waals surface area contributed by atoms with Crippen molar-refractivity contribution in [3.05, 3.63) is 34.7 Å². The Bertz CT molecular complexity index is 609. The molecule has 0 saturated carbocycles. The average molecular weight is 303 g/mol. The van der Waals surface area contributed by atoms with Crippen LogP contribution in [0.5, 0.6) is 0 Å². The van der Waals surface area contributed by atoms with E-state index >= 15 is 0 Å². The van der Waals surface area contributed by atoms with Gasteiger partial charge >= 0.3 is 0 Å². The number of anilines is 1. The minimum absolute atomic E-state index is 0.0260. The third-order valence-electron chi connectivity index (χ3n) is 3.28. The van der Waals surface area contributed by atoms with Crippen LogP contribution in [-0.4, -0.2) is 23.5 Å². The van der Waals surface area contributed by atoms with E-state index in [9.17, 15) is 4.79 Å². The summed E-state index contributed by atoms with van der Waals surface area (Å²) in [5, 5.41) is 9.16. The second kappa shape index (κ2) is 7.33.